The molecule has 4 rings (SSSR count). The number of hydrogen-bond donors (Lipinski definition) is 0. The van der Waals surface area contributed by atoms with Gasteiger partial charge in [-0.05, 0) is 38.1 Å². The van der Waals surface area contributed by atoms with Gasteiger partial charge in [0.15, 0.2) is 11.5 Å². The Kier molecular flexibility index (Phi) is 4.60. The van der Waals surface area contributed by atoms with Crippen LogP contribution < -0.4 is 0 Å². The van der Waals surface area contributed by atoms with Crippen LogP contribution in [-0.2, 0) is 10.0 Å². The Morgan fingerprint density at radius 2 is 1.86 bits per heavy atom. The zero-order chi connectivity index (χ0) is 19.9. The van der Waals surface area contributed by atoms with Crippen LogP contribution in [0.2, 0.25) is 0 Å². The van der Waals surface area contributed by atoms with Gasteiger partial charge in [0.25, 0.3) is 15.9 Å². The topological polar surface area (TPSA) is 110 Å². The Bertz CT molecular complexity index is 1090. The average Bonchev–Trinajstić information content (AvgIpc) is 3.44. The summed E-state index contributed by atoms with van der Waals surface area (Å²) in [6.45, 7) is 4.51. The van der Waals surface area contributed by atoms with Gasteiger partial charge in [-0.1, -0.05) is 5.16 Å². The third kappa shape index (κ3) is 3.14. The molecule has 0 N–H and O–H groups in total. The third-order valence-corrected chi connectivity index (χ3v) is 6.59. The van der Waals surface area contributed by atoms with E-state index in [0.717, 1.165) is 5.56 Å². The zero-order valence-corrected chi connectivity index (χ0v) is 16.2. The largest absolute Gasteiger partial charge is 0.459 e. The number of hydrogen-bond acceptors (Lipinski definition) is 7. The lowest BCUT2D eigenvalue weighted by atomic mass is 10.2. The number of carbonyl (C=O) groups is 1. The maximum Gasteiger partial charge on any atom is 0.289 e. The SMILES string of the molecule is Cc1noc(-c2ccc(S(=O)(=O)N3CCN(C(=O)c4ccco4)CC3)o2)c1C. The van der Waals surface area contributed by atoms with Crippen molar-refractivity contribution in [3.63, 3.8) is 0 Å². The van der Waals surface area contributed by atoms with Crippen molar-refractivity contribution in [2.45, 2.75) is 18.9 Å². The van der Waals surface area contributed by atoms with Crippen molar-refractivity contribution in [2.24, 2.45) is 0 Å². The second-order valence-electron chi connectivity index (χ2n) is 6.51. The van der Waals surface area contributed by atoms with E-state index in [4.69, 9.17) is 13.4 Å². The van der Waals surface area contributed by atoms with Gasteiger partial charge in [-0.25, -0.2) is 8.42 Å². The standard InChI is InChI=1S/C18H19N3O6S/c1-12-13(2)19-27-17(12)14-5-6-16(26-14)28(23,24)21-9-7-20(8-10-21)18(22)15-4-3-11-25-15/h3-6,11H,7-10H2,1-2H3. The minimum absolute atomic E-state index is 0.165. The number of piperazine rings is 1. The van der Waals surface area contributed by atoms with E-state index in [1.807, 2.05) is 6.92 Å². The van der Waals surface area contributed by atoms with E-state index in [-0.39, 0.29) is 42.9 Å². The maximum absolute atomic E-state index is 12.9. The first-order chi connectivity index (χ1) is 13.4. The van der Waals surface area contributed by atoms with E-state index in [1.165, 1.54) is 16.6 Å². The summed E-state index contributed by atoms with van der Waals surface area (Å²) in [6.07, 6.45) is 1.43. The first-order valence-electron chi connectivity index (χ1n) is 8.74. The molecular weight excluding hydrogens is 386 g/mol. The summed E-state index contributed by atoms with van der Waals surface area (Å²) in [5.74, 6) is 0.708. The van der Waals surface area contributed by atoms with E-state index < -0.39 is 10.0 Å². The Morgan fingerprint density at radius 1 is 1.11 bits per heavy atom. The molecule has 0 aromatic carbocycles. The number of furan rings is 2. The number of aryl methyl sites for hydroxylation is 1. The van der Waals surface area contributed by atoms with Crippen LogP contribution >= 0.6 is 0 Å². The maximum atomic E-state index is 12.9. The number of sulfonamides is 1. The molecule has 4 heterocycles. The summed E-state index contributed by atoms with van der Waals surface area (Å²) in [7, 11) is -3.81. The average molecular weight is 405 g/mol. The smallest absolute Gasteiger partial charge is 0.289 e. The molecule has 9 nitrogen and oxygen atoms in total. The van der Waals surface area contributed by atoms with Crippen molar-refractivity contribution < 1.29 is 26.6 Å². The van der Waals surface area contributed by atoms with Gasteiger partial charge >= 0.3 is 0 Å². The quantitative estimate of drug-likeness (QED) is 0.655. The molecule has 0 bridgehead atoms. The molecule has 0 atom stereocenters. The van der Waals surface area contributed by atoms with Crippen molar-refractivity contribution >= 4 is 15.9 Å². The summed E-state index contributed by atoms with van der Waals surface area (Å²) in [6, 6.07) is 6.18. The fourth-order valence-corrected chi connectivity index (χ4v) is 4.37. The molecular formula is C18H19N3O6S. The van der Waals surface area contributed by atoms with Gasteiger partial charge in [0.2, 0.25) is 10.9 Å². The van der Waals surface area contributed by atoms with Crippen molar-refractivity contribution in [2.75, 3.05) is 26.2 Å². The Labute approximate surface area is 161 Å². The highest BCUT2D eigenvalue weighted by atomic mass is 32.2. The molecule has 0 radical (unpaired) electrons. The Morgan fingerprint density at radius 3 is 2.46 bits per heavy atom. The van der Waals surface area contributed by atoms with Gasteiger partial charge in [0, 0.05) is 31.7 Å². The molecule has 3 aromatic heterocycles. The molecule has 1 fully saturated rings. The number of nitrogens with zero attached hydrogens (tertiary/aromatic N) is 3. The molecule has 0 aliphatic carbocycles. The first kappa shape index (κ1) is 18.5. The Balaban J connectivity index is 1.48. The number of carbonyl (C=O) groups excluding carboxylic acids is 1. The minimum Gasteiger partial charge on any atom is -0.459 e. The molecule has 1 aliphatic rings. The van der Waals surface area contributed by atoms with Crippen LogP contribution in [0.1, 0.15) is 21.8 Å². The van der Waals surface area contributed by atoms with Crippen molar-refractivity contribution in [3.8, 4) is 11.5 Å². The molecule has 3 aromatic rings. The third-order valence-electron chi connectivity index (χ3n) is 4.81. The molecule has 0 spiro atoms. The highest BCUT2D eigenvalue weighted by molar-refractivity contribution is 7.89. The van der Waals surface area contributed by atoms with Crippen LogP contribution in [0.3, 0.4) is 0 Å². The van der Waals surface area contributed by atoms with Gasteiger partial charge < -0.3 is 18.3 Å². The summed E-state index contributed by atoms with van der Waals surface area (Å²) >= 11 is 0. The second-order valence-corrected chi connectivity index (χ2v) is 8.38. The fourth-order valence-electron chi connectivity index (χ4n) is 3.04. The van der Waals surface area contributed by atoms with Crippen LogP contribution in [0.25, 0.3) is 11.5 Å². The van der Waals surface area contributed by atoms with Crippen LogP contribution in [0.4, 0.5) is 0 Å². The van der Waals surface area contributed by atoms with Gasteiger partial charge in [0.1, 0.15) is 0 Å². The lowest BCUT2D eigenvalue weighted by Crippen LogP contribution is -2.50. The van der Waals surface area contributed by atoms with Crippen LogP contribution in [0.5, 0.6) is 0 Å². The monoisotopic (exact) mass is 405 g/mol. The van der Waals surface area contributed by atoms with E-state index in [1.54, 1.807) is 30.0 Å². The van der Waals surface area contributed by atoms with Gasteiger partial charge in [-0.15, -0.1) is 0 Å². The highest BCUT2D eigenvalue weighted by Crippen LogP contribution is 2.30. The molecule has 28 heavy (non-hydrogen) atoms. The van der Waals surface area contributed by atoms with Crippen molar-refractivity contribution in [3.05, 3.63) is 47.5 Å². The van der Waals surface area contributed by atoms with Gasteiger partial charge in [0.05, 0.1) is 12.0 Å². The summed E-state index contributed by atoms with van der Waals surface area (Å²) in [5, 5.41) is 3.69. The summed E-state index contributed by atoms with van der Waals surface area (Å²) in [5.41, 5.74) is 1.51. The molecule has 1 aliphatic heterocycles. The number of amides is 1. The predicted molar refractivity (Wildman–Crippen MR) is 97.0 cm³/mol. The van der Waals surface area contributed by atoms with Gasteiger partial charge in [-0.2, -0.15) is 4.31 Å². The molecule has 1 amide bonds. The van der Waals surface area contributed by atoms with E-state index in [2.05, 4.69) is 5.16 Å². The van der Waals surface area contributed by atoms with Crippen molar-refractivity contribution in [1.29, 1.82) is 0 Å². The molecule has 0 saturated carbocycles. The number of aromatic nitrogens is 1. The van der Waals surface area contributed by atoms with Crippen LogP contribution in [-0.4, -0.2) is 54.9 Å². The second kappa shape index (κ2) is 6.95. The van der Waals surface area contributed by atoms with Crippen molar-refractivity contribution in [1.82, 2.24) is 14.4 Å². The summed E-state index contributed by atoms with van der Waals surface area (Å²) < 4.78 is 43.0. The lowest BCUT2D eigenvalue weighted by Gasteiger charge is -2.32. The van der Waals surface area contributed by atoms with E-state index in [9.17, 15) is 13.2 Å². The highest BCUT2D eigenvalue weighted by Gasteiger charge is 2.33. The zero-order valence-electron chi connectivity index (χ0n) is 15.4. The molecule has 148 valence electrons. The first-order valence-corrected chi connectivity index (χ1v) is 10.2. The lowest BCUT2D eigenvalue weighted by molar-refractivity contribution is 0.0665. The minimum atomic E-state index is -3.81. The fraction of sp³-hybridized carbons (Fsp3) is 0.333. The summed E-state index contributed by atoms with van der Waals surface area (Å²) in [4.78, 5) is 13.9. The van der Waals surface area contributed by atoms with Crippen LogP contribution in [0.15, 0.2) is 49.0 Å². The normalized spacial score (nSPS) is 15.9. The van der Waals surface area contributed by atoms with Crippen LogP contribution in [0, 0.1) is 13.8 Å². The van der Waals surface area contributed by atoms with E-state index >= 15 is 0 Å². The van der Waals surface area contributed by atoms with E-state index in [0.29, 0.717) is 17.2 Å². The molecule has 1 saturated heterocycles. The predicted octanol–water partition coefficient (Wildman–Crippen LogP) is 2.29. The Hall–Kier alpha value is -2.85. The molecule has 10 heteroatoms. The molecule has 0 unspecified atom stereocenters. The van der Waals surface area contributed by atoms with Gasteiger partial charge in [-0.3, -0.25) is 4.79 Å². The number of rotatable bonds is 4.